The van der Waals surface area contributed by atoms with E-state index in [-0.39, 0.29) is 5.91 Å². The SMILES string of the molecule is CNC[C@H]1CCCN(C(=O)c2cc(OC)ccc2Br)C1. The van der Waals surface area contributed by atoms with E-state index >= 15 is 0 Å². The van der Waals surface area contributed by atoms with E-state index in [9.17, 15) is 4.79 Å². The van der Waals surface area contributed by atoms with Gasteiger partial charge in [-0.15, -0.1) is 0 Å². The number of carbonyl (C=O) groups is 1. The van der Waals surface area contributed by atoms with E-state index < -0.39 is 0 Å². The second kappa shape index (κ2) is 7.09. The number of nitrogens with zero attached hydrogens (tertiary/aromatic N) is 1. The molecule has 110 valence electrons. The van der Waals surface area contributed by atoms with Gasteiger partial charge >= 0.3 is 0 Å². The van der Waals surface area contributed by atoms with E-state index in [2.05, 4.69) is 21.2 Å². The van der Waals surface area contributed by atoms with E-state index in [0.717, 1.165) is 30.5 Å². The van der Waals surface area contributed by atoms with Crippen molar-refractivity contribution in [2.24, 2.45) is 5.92 Å². The second-order valence-corrected chi connectivity index (χ2v) is 6.02. The van der Waals surface area contributed by atoms with Gasteiger partial charge in [0.2, 0.25) is 0 Å². The van der Waals surface area contributed by atoms with Crippen molar-refractivity contribution in [3.63, 3.8) is 0 Å². The molecule has 0 unspecified atom stereocenters. The molecule has 0 saturated carbocycles. The summed E-state index contributed by atoms with van der Waals surface area (Å²) in [6, 6.07) is 5.51. The molecule has 0 radical (unpaired) electrons. The predicted octanol–water partition coefficient (Wildman–Crippen LogP) is 2.53. The Kier molecular flexibility index (Phi) is 5.43. The summed E-state index contributed by atoms with van der Waals surface area (Å²) >= 11 is 3.46. The van der Waals surface area contributed by atoms with E-state index in [1.54, 1.807) is 13.2 Å². The van der Waals surface area contributed by atoms with Crippen molar-refractivity contribution >= 4 is 21.8 Å². The number of nitrogens with one attached hydrogen (secondary N) is 1. The number of hydrogen-bond acceptors (Lipinski definition) is 3. The summed E-state index contributed by atoms with van der Waals surface area (Å²) in [6.45, 7) is 2.62. The Labute approximate surface area is 128 Å². The molecule has 1 aromatic carbocycles. The lowest BCUT2D eigenvalue weighted by atomic mass is 9.97. The Morgan fingerprint density at radius 2 is 2.35 bits per heavy atom. The van der Waals surface area contributed by atoms with Crippen LogP contribution in [0.4, 0.5) is 0 Å². The monoisotopic (exact) mass is 340 g/mol. The molecule has 1 aromatic rings. The molecule has 4 nitrogen and oxygen atoms in total. The fourth-order valence-electron chi connectivity index (χ4n) is 2.67. The number of carbonyl (C=O) groups excluding carboxylic acids is 1. The van der Waals surface area contributed by atoms with Crippen molar-refractivity contribution < 1.29 is 9.53 Å². The highest BCUT2D eigenvalue weighted by molar-refractivity contribution is 9.10. The first-order valence-electron chi connectivity index (χ1n) is 6.93. The minimum atomic E-state index is 0.0802. The Morgan fingerprint density at radius 3 is 3.05 bits per heavy atom. The Bertz CT molecular complexity index is 477. The molecule has 1 fully saturated rings. The number of piperidine rings is 1. The van der Waals surface area contributed by atoms with Crippen molar-refractivity contribution in [1.82, 2.24) is 10.2 Å². The summed E-state index contributed by atoms with van der Waals surface area (Å²) in [7, 11) is 3.57. The largest absolute Gasteiger partial charge is 0.497 e. The molecule has 0 spiro atoms. The quantitative estimate of drug-likeness (QED) is 0.915. The van der Waals surface area contributed by atoms with Crippen molar-refractivity contribution in [2.75, 3.05) is 33.8 Å². The topological polar surface area (TPSA) is 41.6 Å². The van der Waals surface area contributed by atoms with Crippen molar-refractivity contribution in [3.05, 3.63) is 28.2 Å². The first kappa shape index (κ1) is 15.3. The van der Waals surface area contributed by atoms with Crippen LogP contribution in [0.1, 0.15) is 23.2 Å². The van der Waals surface area contributed by atoms with E-state index in [4.69, 9.17) is 4.74 Å². The van der Waals surface area contributed by atoms with Gasteiger partial charge in [-0.3, -0.25) is 4.79 Å². The molecule has 2 rings (SSSR count). The van der Waals surface area contributed by atoms with Gasteiger partial charge < -0.3 is 15.0 Å². The third kappa shape index (κ3) is 3.52. The third-order valence-corrected chi connectivity index (χ3v) is 4.39. The van der Waals surface area contributed by atoms with Crippen LogP contribution in [0.25, 0.3) is 0 Å². The number of rotatable bonds is 4. The summed E-state index contributed by atoms with van der Waals surface area (Å²) in [6.07, 6.45) is 2.25. The fraction of sp³-hybridized carbons (Fsp3) is 0.533. The second-order valence-electron chi connectivity index (χ2n) is 5.16. The molecule has 1 N–H and O–H groups in total. The van der Waals surface area contributed by atoms with Gasteiger partial charge in [0.15, 0.2) is 0 Å². The lowest BCUT2D eigenvalue weighted by Gasteiger charge is -2.33. The van der Waals surface area contributed by atoms with Crippen LogP contribution in [0.3, 0.4) is 0 Å². The summed E-state index contributed by atoms with van der Waals surface area (Å²) in [4.78, 5) is 14.6. The third-order valence-electron chi connectivity index (χ3n) is 3.70. The smallest absolute Gasteiger partial charge is 0.255 e. The highest BCUT2D eigenvalue weighted by atomic mass is 79.9. The summed E-state index contributed by atoms with van der Waals surface area (Å²) in [5.41, 5.74) is 0.675. The van der Waals surface area contributed by atoms with Gasteiger partial charge in [0.25, 0.3) is 5.91 Å². The van der Waals surface area contributed by atoms with Gasteiger partial charge in [-0.1, -0.05) is 0 Å². The lowest BCUT2D eigenvalue weighted by molar-refractivity contribution is 0.0673. The molecule has 1 heterocycles. The Hall–Kier alpha value is -1.07. The molecular formula is C15H21BrN2O2. The minimum absolute atomic E-state index is 0.0802. The zero-order valence-corrected chi connectivity index (χ0v) is 13.6. The zero-order valence-electron chi connectivity index (χ0n) is 12.0. The van der Waals surface area contributed by atoms with Crippen LogP contribution in [-0.4, -0.2) is 44.6 Å². The van der Waals surface area contributed by atoms with Crippen LogP contribution in [0, 0.1) is 5.92 Å². The molecule has 1 aliphatic heterocycles. The van der Waals surface area contributed by atoms with Crippen LogP contribution in [0.2, 0.25) is 0 Å². The first-order valence-corrected chi connectivity index (χ1v) is 7.72. The maximum atomic E-state index is 12.7. The number of ether oxygens (including phenoxy) is 1. The number of hydrogen-bond donors (Lipinski definition) is 1. The molecular weight excluding hydrogens is 320 g/mol. The molecule has 0 aliphatic carbocycles. The van der Waals surface area contributed by atoms with E-state index in [1.165, 1.54) is 6.42 Å². The summed E-state index contributed by atoms with van der Waals surface area (Å²) < 4.78 is 6.02. The van der Waals surface area contributed by atoms with Gasteiger partial charge in [-0.05, 0) is 66.5 Å². The van der Waals surface area contributed by atoms with Crippen molar-refractivity contribution in [2.45, 2.75) is 12.8 Å². The van der Waals surface area contributed by atoms with Gasteiger partial charge in [0.1, 0.15) is 5.75 Å². The number of amides is 1. The maximum absolute atomic E-state index is 12.7. The van der Waals surface area contributed by atoms with Crippen LogP contribution in [0.5, 0.6) is 5.75 Å². The zero-order chi connectivity index (χ0) is 14.5. The predicted molar refractivity (Wildman–Crippen MR) is 83.2 cm³/mol. The normalized spacial score (nSPS) is 18.9. The van der Waals surface area contributed by atoms with Gasteiger partial charge in [-0.2, -0.15) is 0 Å². The average Bonchev–Trinajstić information content (AvgIpc) is 2.48. The van der Waals surface area contributed by atoms with Crippen molar-refractivity contribution in [3.8, 4) is 5.75 Å². The average molecular weight is 341 g/mol. The standard InChI is InChI=1S/C15H21BrN2O2/c1-17-9-11-4-3-7-18(10-11)15(19)13-8-12(20-2)5-6-14(13)16/h5-6,8,11,17H,3-4,7,9-10H2,1-2H3/t11-/m1/s1. The molecule has 0 aromatic heterocycles. The lowest BCUT2D eigenvalue weighted by Crippen LogP contribution is -2.42. The molecule has 1 saturated heterocycles. The first-order chi connectivity index (χ1) is 9.65. The van der Waals surface area contributed by atoms with Crippen LogP contribution in [-0.2, 0) is 0 Å². The fourth-order valence-corrected chi connectivity index (χ4v) is 3.09. The van der Waals surface area contributed by atoms with Crippen molar-refractivity contribution in [1.29, 1.82) is 0 Å². The number of halogens is 1. The van der Waals surface area contributed by atoms with E-state index in [0.29, 0.717) is 17.2 Å². The molecule has 1 amide bonds. The van der Waals surface area contributed by atoms with Crippen LogP contribution < -0.4 is 10.1 Å². The van der Waals surface area contributed by atoms with Crippen LogP contribution >= 0.6 is 15.9 Å². The molecule has 1 aliphatic rings. The van der Waals surface area contributed by atoms with Crippen LogP contribution in [0.15, 0.2) is 22.7 Å². The summed E-state index contributed by atoms with van der Waals surface area (Å²) in [5, 5.41) is 3.20. The Balaban J connectivity index is 2.14. The maximum Gasteiger partial charge on any atom is 0.255 e. The Morgan fingerprint density at radius 1 is 1.55 bits per heavy atom. The van der Waals surface area contributed by atoms with Gasteiger partial charge in [0, 0.05) is 17.6 Å². The van der Waals surface area contributed by atoms with E-state index in [1.807, 2.05) is 24.1 Å². The number of likely N-dealkylation sites (tertiary alicyclic amines) is 1. The number of benzene rings is 1. The van der Waals surface area contributed by atoms with Gasteiger partial charge in [-0.25, -0.2) is 0 Å². The molecule has 1 atom stereocenters. The minimum Gasteiger partial charge on any atom is -0.497 e. The highest BCUT2D eigenvalue weighted by Crippen LogP contribution is 2.26. The summed E-state index contributed by atoms with van der Waals surface area (Å²) in [5.74, 6) is 1.33. The van der Waals surface area contributed by atoms with Gasteiger partial charge in [0.05, 0.1) is 12.7 Å². The highest BCUT2D eigenvalue weighted by Gasteiger charge is 2.25. The number of methoxy groups -OCH3 is 1. The molecule has 5 heteroatoms. The molecule has 0 bridgehead atoms. The molecule has 20 heavy (non-hydrogen) atoms.